The minimum Gasteiger partial charge on any atom is -0.466 e. The van der Waals surface area contributed by atoms with E-state index in [4.69, 9.17) is 9.47 Å². The molecule has 0 rings (SSSR count). The van der Waals surface area contributed by atoms with Gasteiger partial charge < -0.3 is 19.3 Å². The molecule has 0 radical (unpaired) electrons. The summed E-state index contributed by atoms with van der Waals surface area (Å²) in [7, 11) is 4.34. The zero-order valence-electron chi connectivity index (χ0n) is 41.8. The summed E-state index contributed by atoms with van der Waals surface area (Å²) in [6.07, 6.45) is 46.7. The van der Waals surface area contributed by atoms with E-state index in [0.717, 1.165) is 56.9 Å². The van der Waals surface area contributed by atoms with Crippen LogP contribution in [0.5, 0.6) is 0 Å². The third kappa shape index (κ3) is 43.5. The van der Waals surface area contributed by atoms with Crippen LogP contribution in [0.2, 0.25) is 0 Å². The fourth-order valence-electron chi connectivity index (χ4n) is 8.93. The number of carbonyl (C=O) groups is 2. The molecule has 0 saturated heterocycles. The Morgan fingerprint density at radius 1 is 0.350 bits per heavy atom. The van der Waals surface area contributed by atoms with Crippen LogP contribution in [-0.2, 0) is 19.1 Å². The zero-order valence-corrected chi connectivity index (χ0v) is 41.8. The van der Waals surface area contributed by atoms with Crippen LogP contribution in [0.1, 0.15) is 272 Å². The summed E-state index contributed by atoms with van der Waals surface area (Å²) in [5.74, 6) is 1.65. The van der Waals surface area contributed by atoms with Crippen molar-refractivity contribution in [2.24, 2.45) is 11.8 Å². The molecule has 0 aliphatic heterocycles. The van der Waals surface area contributed by atoms with E-state index in [1.54, 1.807) is 0 Å². The van der Waals surface area contributed by atoms with Gasteiger partial charge in [0.05, 0.1) is 13.2 Å². The Kier molecular flexibility index (Phi) is 46.4. The lowest BCUT2D eigenvalue weighted by Gasteiger charge is -2.23. The second kappa shape index (κ2) is 47.3. The van der Waals surface area contributed by atoms with E-state index in [-0.39, 0.29) is 11.9 Å². The maximum atomic E-state index is 12.4. The van der Waals surface area contributed by atoms with Gasteiger partial charge in [-0.15, -0.1) is 0 Å². The van der Waals surface area contributed by atoms with Crippen molar-refractivity contribution in [3.8, 4) is 0 Å². The monoisotopic (exact) mass is 849 g/mol. The normalized spacial score (nSPS) is 11.8. The van der Waals surface area contributed by atoms with Gasteiger partial charge in [0.1, 0.15) is 0 Å². The number of hydrogen-bond acceptors (Lipinski definition) is 6. The molecule has 6 heteroatoms. The Hall–Kier alpha value is -1.14. The molecule has 60 heavy (non-hydrogen) atoms. The first-order valence-electron chi connectivity index (χ1n) is 27.0. The SMILES string of the molecule is CCCCCCC(CCCCCC)CCCOC(=O)CCCCCCCN(CCCCCCCC(=O)OCCCC(CCCCCC)CCCCCC)CCCCN(C)C. The first-order valence-corrected chi connectivity index (χ1v) is 27.0. The van der Waals surface area contributed by atoms with Gasteiger partial charge in [-0.3, -0.25) is 9.59 Å². The summed E-state index contributed by atoms with van der Waals surface area (Å²) in [4.78, 5) is 29.8. The van der Waals surface area contributed by atoms with Crippen LogP contribution in [0.15, 0.2) is 0 Å². The molecule has 0 bridgehead atoms. The molecule has 0 aliphatic carbocycles. The van der Waals surface area contributed by atoms with Crippen LogP contribution in [0.25, 0.3) is 0 Å². The first kappa shape index (κ1) is 58.9. The van der Waals surface area contributed by atoms with Crippen molar-refractivity contribution in [3.05, 3.63) is 0 Å². The number of ether oxygens (including phenoxy) is 2. The first-order chi connectivity index (χ1) is 29.4. The summed E-state index contributed by atoms with van der Waals surface area (Å²) in [5, 5.41) is 0. The molecule has 0 aromatic carbocycles. The molecule has 358 valence electrons. The average Bonchev–Trinajstić information content (AvgIpc) is 3.24. The van der Waals surface area contributed by atoms with Crippen molar-refractivity contribution >= 4 is 11.9 Å². The Morgan fingerprint density at radius 2 is 0.633 bits per heavy atom. The van der Waals surface area contributed by atoms with Crippen molar-refractivity contribution in [1.29, 1.82) is 0 Å². The van der Waals surface area contributed by atoms with Gasteiger partial charge in [0.15, 0.2) is 0 Å². The largest absolute Gasteiger partial charge is 0.466 e. The van der Waals surface area contributed by atoms with Crippen LogP contribution >= 0.6 is 0 Å². The molecular weight excluding hydrogens is 741 g/mol. The number of hydrogen-bond donors (Lipinski definition) is 0. The highest BCUT2D eigenvalue weighted by atomic mass is 16.5. The van der Waals surface area contributed by atoms with E-state index in [9.17, 15) is 9.59 Å². The lowest BCUT2D eigenvalue weighted by atomic mass is 9.91. The highest BCUT2D eigenvalue weighted by molar-refractivity contribution is 5.69. The number of esters is 2. The quantitative estimate of drug-likeness (QED) is 0.0449. The fraction of sp³-hybridized carbons (Fsp3) is 0.963. The van der Waals surface area contributed by atoms with E-state index < -0.39 is 0 Å². The molecule has 0 aromatic heterocycles. The predicted octanol–water partition coefficient (Wildman–Crippen LogP) is 16.1. The third-order valence-electron chi connectivity index (χ3n) is 12.9. The molecule has 6 nitrogen and oxygen atoms in total. The van der Waals surface area contributed by atoms with Crippen LogP contribution in [0.4, 0.5) is 0 Å². The standard InChI is InChI=1S/C54H108N2O4/c1-7-11-15-25-37-51(38-26-16-12-8-2)41-35-49-59-53(57)43-29-21-19-23-31-46-56(48-34-33-45-55(5)6)47-32-24-20-22-30-44-54(58)60-50-36-42-52(39-27-17-13-9-3)40-28-18-14-10-4/h51-52H,7-50H2,1-6H3. The van der Waals surface area contributed by atoms with Crippen molar-refractivity contribution < 1.29 is 19.1 Å². The fourth-order valence-corrected chi connectivity index (χ4v) is 8.93. The number of carbonyl (C=O) groups excluding carboxylic acids is 2. The van der Waals surface area contributed by atoms with Gasteiger partial charge in [-0.25, -0.2) is 0 Å². The smallest absolute Gasteiger partial charge is 0.305 e. The lowest BCUT2D eigenvalue weighted by molar-refractivity contribution is -0.144. The summed E-state index contributed by atoms with van der Waals surface area (Å²) in [5.41, 5.74) is 0. The predicted molar refractivity (Wildman–Crippen MR) is 262 cm³/mol. The van der Waals surface area contributed by atoms with Crippen LogP contribution in [0, 0.1) is 11.8 Å². The minimum absolute atomic E-state index is 0.0109. The molecular formula is C54H108N2O4. The van der Waals surface area contributed by atoms with E-state index in [2.05, 4.69) is 51.6 Å². The maximum Gasteiger partial charge on any atom is 0.305 e. The second-order valence-electron chi connectivity index (χ2n) is 19.2. The van der Waals surface area contributed by atoms with Gasteiger partial charge in [0.2, 0.25) is 0 Å². The van der Waals surface area contributed by atoms with Crippen molar-refractivity contribution in [1.82, 2.24) is 9.80 Å². The third-order valence-corrected chi connectivity index (χ3v) is 12.9. The highest BCUT2D eigenvalue weighted by Gasteiger charge is 2.12. The molecule has 0 atom stereocenters. The molecule has 0 saturated carbocycles. The maximum absolute atomic E-state index is 12.4. The summed E-state index contributed by atoms with van der Waals surface area (Å²) in [6, 6.07) is 0. The molecule has 0 heterocycles. The molecule has 0 spiro atoms. The lowest BCUT2D eigenvalue weighted by Crippen LogP contribution is -2.28. The summed E-state index contributed by atoms with van der Waals surface area (Å²) < 4.78 is 11.3. The Bertz CT molecular complexity index is 796. The van der Waals surface area contributed by atoms with Crippen LogP contribution < -0.4 is 0 Å². The second-order valence-corrected chi connectivity index (χ2v) is 19.2. The highest BCUT2D eigenvalue weighted by Crippen LogP contribution is 2.24. The Labute approximate surface area is 376 Å². The van der Waals surface area contributed by atoms with E-state index in [1.165, 1.54) is 212 Å². The van der Waals surface area contributed by atoms with Gasteiger partial charge >= 0.3 is 11.9 Å². The van der Waals surface area contributed by atoms with Gasteiger partial charge in [-0.2, -0.15) is 0 Å². The van der Waals surface area contributed by atoms with E-state index in [1.807, 2.05) is 0 Å². The van der Waals surface area contributed by atoms with Crippen molar-refractivity contribution in [2.75, 3.05) is 53.5 Å². The van der Waals surface area contributed by atoms with Gasteiger partial charge in [0.25, 0.3) is 0 Å². The molecule has 0 aliphatic rings. The van der Waals surface area contributed by atoms with Gasteiger partial charge in [-0.05, 0) is 116 Å². The Balaban J connectivity index is 4.19. The zero-order chi connectivity index (χ0) is 44.0. The van der Waals surface area contributed by atoms with Gasteiger partial charge in [-0.1, -0.05) is 195 Å². The molecule has 0 unspecified atom stereocenters. The summed E-state index contributed by atoms with van der Waals surface area (Å²) >= 11 is 0. The molecule has 0 N–H and O–H groups in total. The Morgan fingerprint density at radius 3 is 0.983 bits per heavy atom. The van der Waals surface area contributed by atoms with E-state index in [0.29, 0.717) is 26.1 Å². The summed E-state index contributed by atoms with van der Waals surface area (Å²) in [6.45, 7) is 15.1. The van der Waals surface area contributed by atoms with Crippen molar-refractivity contribution in [2.45, 2.75) is 272 Å². The average molecular weight is 849 g/mol. The van der Waals surface area contributed by atoms with Crippen LogP contribution in [0.3, 0.4) is 0 Å². The number of unbranched alkanes of at least 4 members (excludes halogenated alkanes) is 21. The number of nitrogens with zero attached hydrogens (tertiary/aromatic N) is 2. The van der Waals surface area contributed by atoms with E-state index >= 15 is 0 Å². The van der Waals surface area contributed by atoms with Crippen molar-refractivity contribution in [3.63, 3.8) is 0 Å². The molecule has 0 amide bonds. The minimum atomic E-state index is 0.0109. The van der Waals surface area contributed by atoms with Crippen LogP contribution in [-0.4, -0.2) is 75.2 Å². The number of rotatable bonds is 49. The van der Waals surface area contributed by atoms with Gasteiger partial charge in [0, 0.05) is 12.8 Å². The topological polar surface area (TPSA) is 59.1 Å². The molecule has 0 fully saturated rings. The molecule has 0 aromatic rings.